The molecule has 15 heteroatoms. The summed E-state index contributed by atoms with van der Waals surface area (Å²) >= 11 is 1.42. The number of rotatable bonds is 17. The summed E-state index contributed by atoms with van der Waals surface area (Å²) in [5, 5.41) is 37.4. The lowest BCUT2D eigenvalue weighted by Crippen LogP contribution is -2.62. The number of aromatic nitrogens is 1. The summed E-state index contributed by atoms with van der Waals surface area (Å²) < 4.78 is 0. The van der Waals surface area contributed by atoms with Crippen molar-refractivity contribution in [2.75, 3.05) is 40.3 Å². The molecule has 1 aromatic heterocycles. The fourth-order valence-electron chi connectivity index (χ4n) is 6.45. The molecule has 4 rings (SSSR count). The summed E-state index contributed by atoms with van der Waals surface area (Å²) in [7, 11) is 3.61. The molecule has 2 aromatic carbocycles. The van der Waals surface area contributed by atoms with Gasteiger partial charge in [-0.2, -0.15) is 0 Å². The van der Waals surface area contributed by atoms with Crippen LogP contribution < -0.4 is 21.3 Å². The average molecular weight is 779 g/mol. The number of carbonyl (C=O) groups excluding carboxylic acids is 4. The molecule has 6 atom stereocenters. The van der Waals surface area contributed by atoms with E-state index in [9.17, 15) is 29.4 Å². The van der Waals surface area contributed by atoms with Gasteiger partial charge in [-0.1, -0.05) is 88.4 Å². The van der Waals surface area contributed by atoms with Gasteiger partial charge in [0.05, 0.1) is 29.8 Å². The van der Waals surface area contributed by atoms with E-state index in [-0.39, 0.29) is 37.3 Å². The minimum atomic E-state index is -1.56. The Morgan fingerprint density at radius 2 is 1.22 bits per heavy atom. The molecule has 55 heavy (non-hydrogen) atoms. The lowest BCUT2D eigenvalue weighted by Gasteiger charge is -2.36. The normalized spacial score (nSPS) is 16.7. The van der Waals surface area contributed by atoms with Gasteiger partial charge in [0.15, 0.2) is 0 Å². The van der Waals surface area contributed by atoms with Gasteiger partial charge in [0.2, 0.25) is 11.8 Å². The molecular formula is C40H58N8O6S. The Balaban J connectivity index is 1.56. The topological polar surface area (TPSA) is 179 Å². The number of benzene rings is 2. The van der Waals surface area contributed by atoms with Crippen LogP contribution in [-0.2, 0) is 29.0 Å². The van der Waals surface area contributed by atoms with Crippen LogP contribution in [0, 0.1) is 11.8 Å². The Morgan fingerprint density at radius 3 is 1.65 bits per heavy atom. The van der Waals surface area contributed by atoms with E-state index < -0.39 is 54.2 Å². The van der Waals surface area contributed by atoms with Gasteiger partial charge in [-0.25, -0.2) is 14.6 Å². The van der Waals surface area contributed by atoms with Crippen LogP contribution in [-0.4, -0.2) is 130 Å². The van der Waals surface area contributed by atoms with Crippen LogP contribution in [0.25, 0.3) is 0 Å². The molecule has 1 saturated heterocycles. The fourth-order valence-corrected chi connectivity index (χ4v) is 7.00. The number of carbonyl (C=O) groups is 4. The van der Waals surface area contributed by atoms with Crippen molar-refractivity contribution in [3.05, 3.63) is 88.4 Å². The molecule has 0 spiro atoms. The highest BCUT2D eigenvalue weighted by molar-refractivity contribution is 7.07. The number of aliphatic hydroxyl groups is 2. The Kier molecular flexibility index (Phi) is 16.4. The van der Waals surface area contributed by atoms with E-state index in [1.54, 1.807) is 17.5 Å². The fraction of sp³-hybridized carbons (Fsp3) is 0.525. The summed E-state index contributed by atoms with van der Waals surface area (Å²) in [6, 6.07) is 13.8. The van der Waals surface area contributed by atoms with Crippen molar-refractivity contribution in [1.29, 1.82) is 0 Å². The minimum absolute atomic E-state index is 0.148. The molecular weight excluding hydrogens is 721 g/mol. The lowest BCUT2D eigenvalue weighted by molar-refractivity contribution is -0.129. The predicted octanol–water partition coefficient (Wildman–Crippen LogP) is 2.47. The number of nitrogens with zero attached hydrogens (tertiary/aromatic N) is 4. The molecule has 2 heterocycles. The minimum Gasteiger partial charge on any atom is -0.388 e. The van der Waals surface area contributed by atoms with Crippen molar-refractivity contribution < 1.29 is 29.4 Å². The van der Waals surface area contributed by atoms with Crippen LogP contribution in [0.1, 0.15) is 44.5 Å². The highest BCUT2D eigenvalue weighted by Gasteiger charge is 2.38. The zero-order valence-electron chi connectivity index (χ0n) is 32.7. The second-order valence-electron chi connectivity index (χ2n) is 15.1. The summed E-state index contributed by atoms with van der Waals surface area (Å²) in [6.45, 7) is 10.1. The molecule has 300 valence electrons. The molecule has 1 aliphatic rings. The number of hydrogen-bond donors (Lipinski definition) is 6. The van der Waals surface area contributed by atoms with Crippen molar-refractivity contribution in [1.82, 2.24) is 41.0 Å². The van der Waals surface area contributed by atoms with Crippen molar-refractivity contribution in [3.63, 3.8) is 0 Å². The van der Waals surface area contributed by atoms with Crippen molar-refractivity contribution in [2.45, 2.75) is 83.5 Å². The standard InChI is InChI=1S/C40H58N8O6S/c1-26(2)33(44-39(53)47(6)23-30-24-55-25-41-30)37(51)42-31(21-28-13-9-7-10-14-28)35(49)36(50)32(22-29-15-11-8-12-16-29)43-38(52)34(27(3)4)45-40(54)48-19-17-46(5)18-20-48/h7-16,24-27,31-36,49-50H,17-23H2,1-6H3,(H,42,51)(H,43,52)(H,44,53)(H,45,54)/t31-,32-,33-,34-,35-,36-/m0/s1. The maximum Gasteiger partial charge on any atom is 0.318 e. The van der Waals surface area contributed by atoms with Gasteiger partial charge in [0, 0.05) is 38.6 Å². The van der Waals surface area contributed by atoms with E-state index in [1.165, 1.54) is 16.2 Å². The number of likely N-dealkylation sites (N-methyl/N-ethyl adjacent to an activating group) is 1. The Labute approximate surface area is 328 Å². The average Bonchev–Trinajstić information content (AvgIpc) is 3.68. The third kappa shape index (κ3) is 13.0. The predicted molar refractivity (Wildman–Crippen MR) is 213 cm³/mol. The summed E-state index contributed by atoms with van der Waals surface area (Å²) in [6.07, 6.45) is -2.82. The third-order valence-corrected chi connectivity index (χ3v) is 10.5. The van der Waals surface area contributed by atoms with Gasteiger partial charge >= 0.3 is 12.1 Å². The molecule has 0 saturated carbocycles. The number of urea groups is 2. The van der Waals surface area contributed by atoms with Crippen LogP contribution in [0.4, 0.5) is 9.59 Å². The molecule has 6 N–H and O–H groups in total. The Morgan fingerprint density at radius 1 is 0.745 bits per heavy atom. The van der Waals surface area contributed by atoms with Gasteiger partial charge in [-0.15, -0.1) is 11.3 Å². The largest absolute Gasteiger partial charge is 0.388 e. The molecule has 0 aliphatic carbocycles. The van der Waals surface area contributed by atoms with E-state index in [0.717, 1.165) is 29.9 Å². The number of thiazole rings is 1. The number of piperazine rings is 1. The maximum absolute atomic E-state index is 14.0. The zero-order chi connectivity index (χ0) is 40.1. The number of aliphatic hydroxyl groups excluding tert-OH is 2. The van der Waals surface area contributed by atoms with Crippen LogP contribution in [0.15, 0.2) is 71.6 Å². The van der Waals surface area contributed by atoms with Crippen LogP contribution >= 0.6 is 11.3 Å². The first-order chi connectivity index (χ1) is 26.2. The second-order valence-corrected chi connectivity index (χ2v) is 15.8. The van der Waals surface area contributed by atoms with Crippen LogP contribution in [0.2, 0.25) is 0 Å². The van der Waals surface area contributed by atoms with E-state index in [1.807, 2.05) is 101 Å². The SMILES string of the molecule is CC(C)[C@H](NC(=O)N(C)Cc1cscn1)C(=O)N[C@@H](Cc1ccccc1)[C@H](O)[C@@H](O)[C@H](Cc1ccccc1)NC(=O)[C@@H](NC(=O)N1CCN(C)CC1)C(C)C. The first-order valence-corrected chi connectivity index (χ1v) is 19.8. The smallest absolute Gasteiger partial charge is 0.318 e. The van der Waals surface area contributed by atoms with Crippen molar-refractivity contribution in [3.8, 4) is 0 Å². The first kappa shape index (κ1) is 43.2. The number of nitrogens with one attached hydrogen (secondary N) is 4. The van der Waals surface area contributed by atoms with Gasteiger partial charge in [-0.05, 0) is 42.9 Å². The van der Waals surface area contributed by atoms with Crippen LogP contribution in [0.5, 0.6) is 0 Å². The van der Waals surface area contributed by atoms with Crippen LogP contribution in [0.3, 0.4) is 0 Å². The van der Waals surface area contributed by atoms with Crippen molar-refractivity contribution in [2.24, 2.45) is 11.8 Å². The molecule has 0 bridgehead atoms. The van der Waals surface area contributed by atoms with Gasteiger partial charge in [-0.3, -0.25) is 9.59 Å². The highest BCUT2D eigenvalue weighted by Crippen LogP contribution is 2.17. The maximum atomic E-state index is 14.0. The number of amides is 6. The molecule has 6 amide bonds. The highest BCUT2D eigenvalue weighted by atomic mass is 32.1. The summed E-state index contributed by atoms with van der Waals surface area (Å²) in [5.74, 6) is -1.65. The van der Waals surface area contributed by atoms with Gasteiger partial charge in [0.25, 0.3) is 0 Å². The molecule has 0 radical (unpaired) electrons. The van der Waals surface area contributed by atoms with E-state index in [2.05, 4.69) is 31.2 Å². The third-order valence-electron chi connectivity index (χ3n) is 9.90. The Bertz CT molecular complexity index is 1640. The molecule has 14 nitrogen and oxygen atoms in total. The summed E-state index contributed by atoms with van der Waals surface area (Å²) in [4.78, 5) is 63.9. The molecule has 3 aromatic rings. The quantitative estimate of drug-likeness (QED) is 0.121. The monoisotopic (exact) mass is 778 g/mol. The molecule has 1 fully saturated rings. The summed E-state index contributed by atoms with van der Waals surface area (Å²) in [5.41, 5.74) is 4.00. The van der Waals surface area contributed by atoms with E-state index in [0.29, 0.717) is 13.1 Å². The lowest BCUT2D eigenvalue weighted by atomic mass is 9.90. The van der Waals surface area contributed by atoms with Gasteiger partial charge in [0.1, 0.15) is 24.3 Å². The van der Waals surface area contributed by atoms with Crippen molar-refractivity contribution >= 4 is 35.2 Å². The second kappa shape index (κ2) is 20.9. The molecule has 1 aliphatic heterocycles. The van der Waals surface area contributed by atoms with E-state index >= 15 is 0 Å². The van der Waals surface area contributed by atoms with Gasteiger partial charge < -0.3 is 46.2 Å². The van der Waals surface area contributed by atoms with E-state index in [4.69, 9.17) is 0 Å². The Hall–Kier alpha value is -4.57. The zero-order valence-corrected chi connectivity index (χ0v) is 33.5. The number of hydrogen-bond acceptors (Lipinski definition) is 9. The first-order valence-electron chi connectivity index (χ1n) is 18.9. The molecule has 0 unspecified atom stereocenters.